The second-order valence-corrected chi connectivity index (χ2v) is 3.27. The average molecular weight is 218 g/mol. The first kappa shape index (κ1) is 10.1. The number of anilines is 1. The molecule has 0 fully saturated rings. The maximum Gasteiger partial charge on any atom is 0.251 e. The minimum Gasteiger partial charge on any atom is -0.368 e. The van der Waals surface area contributed by atoms with E-state index in [0.29, 0.717) is 11.4 Å². The standard InChI is InChI=1S/C9H10N6O/c1-5-2-12-9(11)14-8(5)15-4-6(3-13-15)7(10)16/h2-4H,1H3,(H2,10,16)(H2,11,12,14). The zero-order valence-corrected chi connectivity index (χ0v) is 8.58. The molecule has 0 spiro atoms. The lowest BCUT2D eigenvalue weighted by Gasteiger charge is -2.03. The summed E-state index contributed by atoms with van der Waals surface area (Å²) in [6.07, 6.45) is 4.46. The fourth-order valence-corrected chi connectivity index (χ4v) is 1.24. The number of hydrogen-bond donors (Lipinski definition) is 2. The molecule has 4 N–H and O–H groups in total. The van der Waals surface area contributed by atoms with Gasteiger partial charge in [-0.2, -0.15) is 10.1 Å². The van der Waals surface area contributed by atoms with Crippen LogP contribution in [0.15, 0.2) is 18.6 Å². The molecule has 2 aromatic heterocycles. The Morgan fingerprint density at radius 3 is 2.81 bits per heavy atom. The Labute approximate surface area is 91.1 Å². The fourth-order valence-electron chi connectivity index (χ4n) is 1.24. The molecule has 2 heterocycles. The molecule has 0 aliphatic carbocycles. The van der Waals surface area contributed by atoms with Gasteiger partial charge in [-0.05, 0) is 6.92 Å². The van der Waals surface area contributed by atoms with Crippen LogP contribution in [0.4, 0.5) is 5.95 Å². The Kier molecular flexibility index (Phi) is 2.28. The Morgan fingerprint density at radius 1 is 1.44 bits per heavy atom. The Hall–Kier alpha value is -2.44. The van der Waals surface area contributed by atoms with Crippen LogP contribution in [0.3, 0.4) is 0 Å². The maximum atomic E-state index is 10.9. The topological polar surface area (TPSA) is 113 Å². The van der Waals surface area contributed by atoms with Gasteiger partial charge in [0.15, 0.2) is 5.82 Å². The molecular weight excluding hydrogens is 208 g/mol. The number of rotatable bonds is 2. The third-order valence-electron chi connectivity index (χ3n) is 2.05. The third kappa shape index (κ3) is 1.70. The highest BCUT2D eigenvalue weighted by molar-refractivity contribution is 5.92. The number of carbonyl (C=O) groups is 1. The van der Waals surface area contributed by atoms with E-state index in [-0.39, 0.29) is 5.95 Å². The zero-order chi connectivity index (χ0) is 11.7. The van der Waals surface area contributed by atoms with Gasteiger partial charge in [-0.1, -0.05) is 0 Å². The Balaban J connectivity index is 2.50. The molecule has 0 saturated carbocycles. The van der Waals surface area contributed by atoms with E-state index in [1.54, 1.807) is 6.20 Å². The molecule has 2 rings (SSSR count). The summed E-state index contributed by atoms with van der Waals surface area (Å²) in [5.74, 6) is 0.141. The highest BCUT2D eigenvalue weighted by atomic mass is 16.1. The van der Waals surface area contributed by atoms with Crippen LogP contribution >= 0.6 is 0 Å². The number of aryl methyl sites for hydroxylation is 1. The number of nitrogen functional groups attached to an aromatic ring is 1. The van der Waals surface area contributed by atoms with Gasteiger partial charge in [-0.3, -0.25) is 4.79 Å². The first-order valence-corrected chi connectivity index (χ1v) is 4.52. The van der Waals surface area contributed by atoms with Crippen LogP contribution in [0.1, 0.15) is 15.9 Å². The molecule has 16 heavy (non-hydrogen) atoms. The van der Waals surface area contributed by atoms with Gasteiger partial charge in [0.05, 0.1) is 11.8 Å². The Bertz CT molecular complexity index is 547. The minimum absolute atomic E-state index is 0.150. The van der Waals surface area contributed by atoms with Gasteiger partial charge in [0.25, 0.3) is 5.91 Å². The molecule has 0 aliphatic heterocycles. The number of amides is 1. The van der Waals surface area contributed by atoms with Crippen LogP contribution < -0.4 is 11.5 Å². The van der Waals surface area contributed by atoms with E-state index in [9.17, 15) is 4.79 Å². The van der Waals surface area contributed by atoms with Crippen molar-refractivity contribution in [3.05, 3.63) is 29.7 Å². The summed E-state index contributed by atoms with van der Waals surface area (Å²) in [4.78, 5) is 18.8. The van der Waals surface area contributed by atoms with Crippen molar-refractivity contribution in [2.75, 3.05) is 5.73 Å². The summed E-state index contributed by atoms with van der Waals surface area (Å²) >= 11 is 0. The second-order valence-electron chi connectivity index (χ2n) is 3.27. The van der Waals surface area contributed by atoms with Crippen LogP contribution in [0.2, 0.25) is 0 Å². The first-order valence-electron chi connectivity index (χ1n) is 4.52. The third-order valence-corrected chi connectivity index (χ3v) is 2.05. The smallest absolute Gasteiger partial charge is 0.251 e. The summed E-state index contributed by atoms with van der Waals surface area (Å²) in [7, 11) is 0. The SMILES string of the molecule is Cc1cnc(N)nc1-n1cc(C(N)=O)cn1. The van der Waals surface area contributed by atoms with Crippen molar-refractivity contribution in [2.45, 2.75) is 6.92 Å². The monoisotopic (exact) mass is 218 g/mol. The highest BCUT2D eigenvalue weighted by Crippen LogP contribution is 2.10. The van der Waals surface area contributed by atoms with E-state index in [2.05, 4.69) is 15.1 Å². The normalized spacial score (nSPS) is 10.3. The van der Waals surface area contributed by atoms with Gasteiger partial charge in [0, 0.05) is 18.0 Å². The molecule has 7 heteroatoms. The number of hydrogen-bond acceptors (Lipinski definition) is 5. The second kappa shape index (κ2) is 3.61. The lowest BCUT2D eigenvalue weighted by molar-refractivity contribution is 0.100. The van der Waals surface area contributed by atoms with E-state index >= 15 is 0 Å². The predicted octanol–water partition coefficient (Wildman–Crippen LogP) is -0.348. The van der Waals surface area contributed by atoms with E-state index in [1.807, 2.05) is 6.92 Å². The molecule has 0 bridgehead atoms. The molecule has 0 unspecified atom stereocenters. The molecule has 0 atom stereocenters. The predicted molar refractivity (Wildman–Crippen MR) is 56.8 cm³/mol. The van der Waals surface area contributed by atoms with Gasteiger partial charge in [-0.25, -0.2) is 9.67 Å². The number of carbonyl (C=O) groups excluding carboxylic acids is 1. The van der Waals surface area contributed by atoms with Crippen LogP contribution in [-0.2, 0) is 0 Å². The maximum absolute atomic E-state index is 10.9. The number of nitrogens with two attached hydrogens (primary N) is 2. The number of aromatic nitrogens is 4. The Morgan fingerprint density at radius 2 is 2.19 bits per heavy atom. The van der Waals surface area contributed by atoms with Crippen molar-refractivity contribution in [3.8, 4) is 5.82 Å². The van der Waals surface area contributed by atoms with Gasteiger partial charge in [0.1, 0.15) is 0 Å². The lowest BCUT2D eigenvalue weighted by Crippen LogP contribution is -2.10. The fraction of sp³-hybridized carbons (Fsp3) is 0.111. The van der Waals surface area contributed by atoms with Gasteiger partial charge < -0.3 is 11.5 Å². The lowest BCUT2D eigenvalue weighted by atomic mass is 10.3. The number of nitrogens with zero attached hydrogens (tertiary/aromatic N) is 4. The summed E-state index contributed by atoms with van der Waals surface area (Å²) in [6, 6.07) is 0. The van der Waals surface area contributed by atoms with E-state index in [1.165, 1.54) is 17.1 Å². The van der Waals surface area contributed by atoms with Crippen molar-refractivity contribution in [1.82, 2.24) is 19.7 Å². The molecular formula is C9H10N6O. The average Bonchev–Trinajstić information content (AvgIpc) is 2.70. The summed E-state index contributed by atoms with van der Waals surface area (Å²) < 4.78 is 1.44. The largest absolute Gasteiger partial charge is 0.368 e. The minimum atomic E-state index is -0.536. The molecule has 1 amide bonds. The molecule has 0 aliphatic rings. The molecule has 82 valence electrons. The molecule has 2 aromatic rings. The van der Waals surface area contributed by atoms with Crippen LogP contribution in [0, 0.1) is 6.92 Å². The van der Waals surface area contributed by atoms with Crippen molar-refractivity contribution in [2.24, 2.45) is 5.73 Å². The van der Waals surface area contributed by atoms with Gasteiger partial charge >= 0.3 is 0 Å². The van der Waals surface area contributed by atoms with E-state index < -0.39 is 5.91 Å². The van der Waals surface area contributed by atoms with Crippen LogP contribution in [0.5, 0.6) is 0 Å². The van der Waals surface area contributed by atoms with Crippen molar-refractivity contribution < 1.29 is 4.79 Å². The van der Waals surface area contributed by atoms with Crippen molar-refractivity contribution in [1.29, 1.82) is 0 Å². The van der Waals surface area contributed by atoms with Crippen molar-refractivity contribution in [3.63, 3.8) is 0 Å². The zero-order valence-electron chi connectivity index (χ0n) is 8.58. The first-order chi connectivity index (χ1) is 7.58. The van der Waals surface area contributed by atoms with Crippen LogP contribution in [-0.4, -0.2) is 25.7 Å². The molecule has 0 aromatic carbocycles. The van der Waals surface area contributed by atoms with E-state index in [4.69, 9.17) is 11.5 Å². The quantitative estimate of drug-likeness (QED) is 0.715. The van der Waals surface area contributed by atoms with Crippen LogP contribution in [0.25, 0.3) is 5.82 Å². The summed E-state index contributed by atoms with van der Waals surface area (Å²) in [6.45, 7) is 1.82. The summed E-state index contributed by atoms with van der Waals surface area (Å²) in [5.41, 5.74) is 11.7. The molecule has 7 nitrogen and oxygen atoms in total. The van der Waals surface area contributed by atoms with E-state index in [0.717, 1.165) is 5.56 Å². The molecule has 0 saturated heterocycles. The van der Waals surface area contributed by atoms with Gasteiger partial charge in [-0.15, -0.1) is 0 Å². The number of primary amides is 1. The highest BCUT2D eigenvalue weighted by Gasteiger charge is 2.09. The summed E-state index contributed by atoms with van der Waals surface area (Å²) in [5, 5.41) is 3.98. The van der Waals surface area contributed by atoms with Gasteiger partial charge in [0.2, 0.25) is 5.95 Å². The van der Waals surface area contributed by atoms with Crippen molar-refractivity contribution >= 4 is 11.9 Å². The molecule has 0 radical (unpaired) electrons.